The Morgan fingerprint density at radius 3 is 2.97 bits per heavy atom. The Morgan fingerprint density at radius 2 is 2.21 bits per heavy atom. The summed E-state index contributed by atoms with van der Waals surface area (Å²) in [7, 11) is 0. The zero-order valence-electron chi connectivity index (χ0n) is 16.7. The lowest BCUT2D eigenvalue weighted by Crippen LogP contribution is -2.14. The monoisotopic (exact) mass is 411 g/mol. The van der Waals surface area contributed by atoms with Crippen molar-refractivity contribution in [2.75, 3.05) is 18.4 Å². The zero-order valence-corrected chi connectivity index (χ0v) is 17.5. The van der Waals surface area contributed by atoms with Crippen LogP contribution in [0.25, 0.3) is 0 Å². The van der Waals surface area contributed by atoms with Crippen LogP contribution in [0.5, 0.6) is 0 Å². The van der Waals surface area contributed by atoms with Crippen molar-refractivity contribution in [3.63, 3.8) is 0 Å². The van der Waals surface area contributed by atoms with Crippen LogP contribution in [0.3, 0.4) is 0 Å². The number of aryl methyl sites for hydroxylation is 4. The molecule has 1 unspecified atom stereocenters. The molecule has 9 heteroatoms. The van der Waals surface area contributed by atoms with Crippen LogP contribution in [0.1, 0.15) is 38.7 Å². The van der Waals surface area contributed by atoms with Crippen molar-refractivity contribution < 1.29 is 4.79 Å². The molecule has 8 nitrogen and oxygen atoms in total. The van der Waals surface area contributed by atoms with E-state index in [1.807, 2.05) is 30.8 Å². The van der Waals surface area contributed by atoms with Gasteiger partial charge in [0.2, 0.25) is 5.13 Å². The number of hydrogen-bond donors (Lipinski definition) is 2. The molecule has 0 spiro atoms. The number of aromatic nitrogens is 5. The van der Waals surface area contributed by atoms with Gasteiger partial charge in [-0.15, -0.1) is 10.2 Å². The predicted molar refractivity (Wildman–Crippen MR) is 112 cm³/mol. The van der Waals surface area contributed by atoms with Gasteiger partial charge in [0.15, 0.2) is 0 Å². The summed E-state index contributed by atoms with van der Waals surface area (Å²) in [6, 6.07) is 3.97. The van der Waals surface area contributed by atoms with E-state index in [-0.39, 0.29) is 5.91 Å². The fourth-order valence-corrected chi connectivity index (χ4v) is 4.35. The van der Waals surface area contributed by atoms with E-state index >= 15 is 0 Å². The van der Waals surface area contributed by atoms with Crippen molar-refractivity contribution in [1.82, 2.24) is 30.3 Å². The molecule has 1 atom stereocenters. The number of hydrogen-bond acceptors (Lipinski definition) is 7. The second-order valence-electron chi connectivity index (χ2n) is 7.50. The van der Waals surface area contributed by atoms with E-state index in [1.54, 1.807) is 6.20 Å². The molecule has 152 valence electrons. The molecule has 1 aliphatic heterocycles. The van der Waals surface area contributed by atoms with Gasteiger partial charge in [-0.3, -0.25) is 19.8 Å². The lowest BCUT2D eigenvalue weighted by molar-refractivity contribution is 0.102. The Morgan fingerprint density at radius 1 is 1.31 bits per heavy atom. The number of amides is 1. The van der Waals surface area contributed by atoms with E-state index in [0.29, 0.717) is 16.6 Å². The second-order valence-corrected chi connectivity index (χ2v) is 8.56. The molecule has 0 aromatic carbocycles. The summed E-state index contributed by atoms with van der Waals surface area (Å²) in [5, 5.41) is 20.3. The number of carbonyl (C=O) groups excluding carboxylic acids is 1. The van der Waals surface area contributed by atoms with Crippen LogP contribution in [-0.4, -0.2) is 44.0 Å². The molecule has 1 aliphatic rings. The lowest BCUT2D eigenvalue weighted by Gasteiger charge is -2.09. The number of nitrogens with zero attached hydrogens (tertiary/aromatic N) is 5. The Balaban J connectivity index is 1.34. The number of nitrogens with one attached hydrogen (secondary N) is 2. The standard InChI is InChI=1S/C20H25N7OS/c1-13-7-14(2)27(26-13)6-4-18-24-25-20(29-18)23-19(28)17-9-16(11-22-12-17)8-15-3-5-21-10-15/h7,9,11-12,15,21H,3-6,8,10H2,1-2H3,(H,23,25,28). The summed E-state index contributed by atoms with van der Waals surface area (Å²) in [4.78, 5) is 16.8. The van der Waals surface area contributed by atoms with Crippen molar-refractivity contribution in [2.24, 2.45) is 5.92 Å². The van der Waals surface area contributed by atoms with Gasteiger partial charge in [-0.2, -0.15) is 5.10 Å². The van der Waals surface area contributed by atoms with Gasteiger partial charge in [0.05, 0.1) is 11.3 Å². The summed E-state index contributed by atoms with van der Waals surface area (Å²) in [5.41, 5.74) is 3.77. The Kier molecular flexibility index (Phi) is 5.96. The van der Waals surface area contributed by atoms with Crippen LogP contribution < -0.4 is 10.6 Å². The lowest BCUT2D eigenvalue weighted by atomic mass is 9.99. The third kappa shape index (κ3) is 5.04. The van der Waals surface area contributed by atoms with E-state index in [4.69, 9.17) is 0 Å². The molecule has 4 heterocycles. The highest BCUT2D eigenvalue weighted by Crippen LogP contribution is 2.19. The largest absolute Gasteiger partial charge is 0.316 e. The van der Waals surface area contributed by atoms with Crippen molar-refractivity contribution in [2.45, 2.75) is 39.7 Å². The van der Waals surface area contributed by atoms with E-state index in [2.05, 4.69) is 37.0 Å². The van der Waals surface area contributed by atoms with E-state index in [1.165, 1.54) is 17.8 Å². The van der Waals surface area contributed by atoms with Crippen LogP contribution in [-0.2, 0) is 19.4 Å². The summed E-state index contributed by atoms with van der Waals surface area (Å²) >= 11 is 1.39. The van der Waals surface area contributed by atoms with Gasteiger partial charge >= 0.3 is 0 Å². The average molecular weight is 412 g/mol. The topological polar surface area (TPSA) is 97.6 Å². The molecule has 2 N–H and O–H groups in total. The van der Waals surface area contributed by atoms with Crippen molar-refractivity contribution in [1.29, 1.82) is 0 Å². The van der Waals surface area contributed by atoms with Gasteiger partial charge in [0.25, 0.3) is 5.91 Å². The predicted octanol–water partition coefficient (Wildman–Crippen LogP) is 2.39. The first-order valence-electron chi connectivity index (χ1n) is 9.86. The van der Waals surface area contributed by atoms with Gasteiger partial charge in [0.1, 0.15) is 5.01 Å². The van der Waals surface area contributed by atoms with Gasteiger partial charge in [-0.05, 0) is 63.4 Å². The molecular weight excluding hydrogens is 386 g/mol. The maximum absolute atomic E-state index is 12.6. The summed E-state index contributed by atoms with van der Waals surface area (Å²) < 4.78 is 1.96. The fourth-order valence-electron chi connectivity index (χ4n) is 3.62. The molecule has 29 heavy (non-hydrogen) atoms. The van der Waals surface area contributed by atoms with E-state index in [9.17, 15) is 4.79 Å². The first-order chi connectivity index (χ1) is 14.1. The minimum absolute atomic E-state index is 0.204. The normalized spacial score (nSPS) is 16.3. The molecule has 4 rings (SSSR count). The highest BCUT2D eigenvalue weighted by atomic mass is 32.1. The van der Waals surface area contributed by atoms with Gasteiger partial charge in [-0.1, -0.05) is 11.3 Å². The Labute approximate surface area is 173 Å². The zero-order chi connectivity index (χ0) is 20.2. The first kappa shape index (κ1) is 19.7. The fraction of sp³-hybridized carbons (Fsp3) is 0.450. The quantitative estimate of drug-likeness (QED) is 0.620. The van der Waals surface area contributed by atoms with Crippen LogP contribution in [0.15, 0.2) is 24.5 Å². The number of pyridine rings is 1. The van der Waals surface area contributed by atoms with Crippen LogP contribution in [0.2, 0.25) is 0 Å². The highest BCUT2D eigenvalue weighted by Gasteiger charge is 2.17. The van der Waals surface area contributed by atoms with Gasteiger partial charge in [0, 0.05) is 31.1 Å². The SMILES string of the molecule is Cc1cc(C)n(CCc2nnc(NC(=O)c3cncc(CC4CCNC4)c3)s2)n1. The van der Waals surface area contributed by atoms with Crippen LogP contribution >= 0.6 is 11.3 Å². The van der Waals surface area contributed by atoms with Crippen molar-refractivity contribution in [3.8, 4) is 0 Å². The maximum Gasteiger partial charge on any atom is 0.259 e. The van der Waals surface area contributed by atoms with Crippen LogP contribution in [0, 0.1) is 19.8 Å². The van der Waals surface area contributed by atoms with Gasteiger partial charge < -0.3 is 5.32 Å². The third-order valence-electron chi connectivity index (χ3n) is 5.07. The molecular formula is C20H25N7OS. The van der Waals surface area contributed by atoms with Crippen molar-refractivity contribution >= 4 is 22.4 Å². The molecule has 0 aliphatic carbocycles. The minimum Gasteiger partial charge on any atom is -0.316 e. The maximum atomic E-state index is 12.6. The molecule has 1 fully saturated rings. The number of anilines is 1. The number of rotatable bonds is 7. The molecule has 3 aromatic heterocycles. The van der Waals surface area contributed by atoms with Gasteiger partial charge in [-0.25, -0.2) is 0 Å². The average Bonchev–Trinajstić information content (AvgIpc) is 3.43. The first-order valence-corrected chi connectivity index (χ1v) is 10.7. The number of carbonyl (C=O) groups is 1. The summed E-state index contributed by atoms with van der Waals surface area (Å²) in [6.07, 6.45) is 6.27. The molecule has 0 radical (unpaired) electrons. The van der Waals surface area contributed by atoms with Crippen molar-refractivity contribution in [3.05, 3.63) is 52.0 Å². The minimum atomic E-state index is -0.204. The third-order valence-corrected chi connectivity index (χ3v) is 5.97. The Hall–Kier alpha value is -2.65. The molecule has 0 bridgehead atoms. The van der Waals surface area contributed by atoms with E-state index in [0.717, 1.165) is 54.4 Å². The Bertz CT molecular complexity index is 990. The molecule has 0 saturated carbocycles. The smallest absolute Gasteiger partial charge is 0.259 e. The summed E-state index contributed by atoms with van der Waals surface area (Å²) in [6.45, 7) is 6.86. The highest BCUT2D eigenvalue weighted by molar-refractivity contribution is 7.15. The second kappa shape index (κ2) is 8.79. The molecule has 1 amide bonds. The molecule has 3 aromatic rings. The summed E-state index contributed by atoms with van der Waals surface area (Å²) in [5.74, 6) is 0.410. The van der Waals surface area contributed by atoms with Crippen LogP contribution in [0.4, 0.5) is 5.13 Å². The molecule has 1 saturated heterocycles. The van der Waals surface area contributed by atoms with E-state index < -0.39 is 0 Å².